The van der Waals surface area contributed by atoms with Crippen molar-refractivity contribution in [3.05, 3.63) is 12.3 Å². The highest BCUT2D eigenvalue weighted by Crippen LogP contribution is 1.98. The molecule has 1 aromatic rings. The smallest absolute Gasteiger partial charge is 0.226 e. The average molecular weight is 196 g/mol. The highest BCUT2D eigenvalue weighted by Gasteiger charge is 2.02. The molecule has 0 atom stereocenters. The summed E-state index contributed by atoms with van der Waals surface area (Å²) >= 11 is 0. The second-order valence-corrected chi connectivity index (χ2v) is 3.38. The molecule has 1 heterocycles. The minimum atomic E-state index is -0.0117. The molecule has 0 aromatic carbocycles. The van der Waals surface area contributed by atoms with Crippen LogP contribution in [0.1, 0.15) is 20.3 Å². The molecule has 1 amide bonds. The molecule has 1 aromatic heterocycles. The monoisotopic (exact) mass is 196 g/mol. The third-order valence-corrected chi connectivity index (χ3v) is 1.68. The molecule has 78 valence electrons. The van der Waals surface area contributed by atoms with E-state index in [1.54, 1.807) is 12.3 Å². The maximum atomic E-state index is 11.3. The number of rotatable bonds is 5. The van der Waals surface area contributed by atoms with Crippen LogP contribution in [0.15, 0.2) is 12.3 Å². The maximum absolute atomic E-state index is 11.3. The quantitative estimate of drug-likeness (QED) is 0.650. The molecule has 0 saturated carbocycles. The summed E-state index contributed by atoms with van der Waals surface area (Å²) in [5.74, 6) is 0.627. The number of carbonyl (C=O) groups is 1. The van der Waals surface area contributed by atoms with Crippen molar-refractivity contribution in [1.82, 2.24) is 15.5 Å². The van der Waals surface area contributed by atoms with Crippen molar-refractivity contribution in [2.45, 2.75) is 26.3 Å². The topological polar surface area (TPSA) is 69.8 Å². The molecule has 0 unspecified atom stereocenters. The van der Waals surface area contributed by atoms with Crippen molar-refractivity contribution in [2.75, 3.05) is 11.9 Å². The van der Waals surface area contributed by atoms with Gasteiger partial charge in [0.25, 0.3) is 0 Å². The molecule has 0 aliphatic heterocycles. The van der Waals surface area contributed by atoms with Gasteiger partial charge in [-0.15, -0.1) is 0 Å². The van der Waals surface area contributed by atoms with Gasteiger partial charge in [0, 0.05) is 25.1 Å². The number of nitrogens with zero attached hydrogens (tertiary/aromatic N) is 1. The first-order valence-corrected chi connectivity index (χ1v) is 4.71. The van der Waals surface area contributed by atoms with E-state index in [-0.39, 0.29) is 5.91 Å². The number of carbonyl (C=O) groups excluding carboxylic acids is 1. The predicted molar refractivity (Wildman–Crippen MR) is 55.0 cm³/mol. The van der Waals surface area contributed by atoms with Crippen molar-refractivity contribution in [2.24, 2.45) is 0 Å². The standard InChI is InChI=1S/C9H16N4O/c1-7(2)10-5-4-9(14)12-8-3-6-11-13-8/h3,6-7,10H,4-5H2,1-2H3,(H2,11,12,13,14). The van der Waals surface area contributed by atoms with E-state index < -0.39 is 0 Å². The van der Waals surface area contributed by atoms with E-state index in [4.69, 9.17) is 0 Å². The summed E-state index contributed by atoms with van der Waals surface area (Å²) in [6, 6.07) is 2.13. The van der Waals surface area contributed by atoms with Crippen molar-refractivity contribution in [3.8, 4) is 0 Å². The lowest BCUT2D eigenvalue weighted by Gasteiger charge is -2.07. The van der Waals surface area contributed by atoms with E-state index in [2.05, 4.69) is 20.8 Å². The third kappa shape index (κ3) is 4.04. The second-order valence-electron chi connectivity index (χ2n) is 3.38. The first-order valence-electron chi connectivity index (χ1n) is 4.71. The van der Waals surface area contributed by atoms with Gasteiger partial charge in [-0.3, -0.25) is 9.89 Å². The lowest BCUT2D eigenvalue weighted by Crippen LogP contribution is -2.27. The van der Waals surface area contributed by atoms with Crippen LogP contribution in [0.3, 0.4) is 0 Å². The molecule has 0 saturated heterocycles. The van der Waals surface area contributed by atoms with E-state index in [1.165, 1.54) is 0 Å². The van der Waals surface area contributed by atoms with Crippen LogP contribution in [0, 0.1) is 0 Å². The summed E-state index contributed by atoms with van der Waals surface area (Å²) in [5.41, 5.74) is 0. The van der Waals surface area contributed by atoms with Crippen LogP contribution >= 0.6 is 0 Å². The highest BCUT2D eigenvalue weighted by molar-refractivity contribution is 5.89. The zero-order valence-electron chi connectivity index (χ0n) is 8.50. The molecule has 3 N–H and O–H groups in total. The fraction of sp³-hybridized carbons (Fsp3) is 0.556. The minimum absolute atomic E-state index is 0.0117. The lowest BCUT2D eigenvalue weighted by atomic mass is 10.3. The van der Waals surface area contributed by atoms with Gasteiger partial charge in [-0.25, -0.2) is 0 Å². The Morgan fingerprint density at radius 2 is 2.43 bits per heavy atom. The van der Waals surface area contributed by atoms with Crippen LogP contribution in [0.4, 0.5) is 5.82 Å². The van der Waals surface area contributed by atoms with Gasteiger partial charge in [0.05, 0.1) is 6.20 Å². The van der Waals surface area contributed by atoms with Crippen molar-refractivity contribution in [3.63, 3.8) is 0 Å². The number of aromatic nitrogens is 2. The van der Waals surface area contributed by atoms with Gasteiger partial charge >= 0.3 is 0 Å². The number of H-pyrrole nitrogens is 1. The summed E-state index contributed by atoms with van der Waals surface area (Å²) < 4.78 is 0. The zero-order valence-corrected chi connectivity index (χ0v) is 8.50. The third-order valence-electron chi connectivity index (χ3n) is 1.68. The number of nitrogens with one attached hydrogen (secondary N) is 3. The Bertz CT molecular complexity index is 268. The molecule has 0 radical (unpaired) electrons. The fourth-order valence-electron chi connectivity index (χ4n) is 1.01. The Hall–Kier alpha value is -1.36. The van der Waals surface area contributed by atoms with E-state index >= 15 is 0 Å². The molecule has 5 heteroatoms. The van der Waals surface area contributed by atoms with E-state index in [9.17, 15) is 4.79 Å². The molecule has 14 heavy (non-hydrogen) atoms. The van der Waals surface area contributed by atoms with Crippen LogP contribution < -0.4 is 10.6 Å². The molecular weight excluding hydrogens is 180 g/mol. The van der Waals surface area contributed by atoms with Gasteiger partial charge in [-0.2, -0.15) is 5.10 Å². The Morgan fingerprint density at radius 3 is 3.00 bits per heavy atom. The zero-order chi connectivity index (χ0) is 10.4. The number of aromatic amines is 1. The van der Waals surface area contributed by atoms with Crippen LogP contribution in [-0.2, 0) is 4.79 Å². The van der Waals surface area contributed by atoms with Gasteiger partial charge in [0.15, 0.2) is 0 Å². The number of hydrogen-bond acceptors (Lipinski definition) is 3. The van der Waals surface area contributed by atoms with E-state index in [0.29, 0.717) is 24.8 Å². The summed E-state index contributed by atoms with van der Waals surface area (Å²) in [6.07, 6.45) is 2.07. The fourth-order valence-corrected chi connectivity index (χ4v) is 1.01. The summed E-state index contributed by atoms with van der Waals surface area (Å²) in [7, 11) is 0. The molecule has 0 spiro atoms. The molecule has 0 aliphatic carbocycles. The van der Waals surface area contributed by atoms with E-state index in [0.717, 1.165) is 0 Å². The van der Waals surface area contributed by atoms with Crippen LogP contribution in [0.2, 0.25) is 0 Å². The highest BCUT2D eigenvalue weighted by atomic mass is 16.1. The second kappa shape index (κ2) is 5.39. The van der Waals surface area contributed by atoms with Gasteiger partial charge in [-0.1, -0.05) is 13.8 Å². The summed E-state index contributed by atoms with van der Waals surface area (Å²) in [5, 5.41) is 12.3. The van der Waals surface area contributed by atoms with E-state index in [1.807, 2.05) is 13.8 Å². The van der Waals surface area contributed by atoms with Crippen LogP contribution in [-0.4, -0.2) is 28.7 Å². The Balaban J connectivity index is 2.17. The molecule has 0 bridgehead atoms. The number of amides is 1. The average Bonchev–Trinajstić information content (AvgIpc) is 2.56. The Morgan fingerprint density at radius 1 is 1.64 bits per heavy atom. The van der Waals surface area contributed by atoms with Gasteiger partial charge in [-0.05, 0) is 0 Å². The Kier molecular flexibility index (Phi) is 4.12. The van der Waals surface area contributed by atoms with Crippen molar-refractivity contribution in [1.29, 1.82) is 0 Å². The predicted octanol–water partition coefficient (Wildman–Crippen LogP) is 0.736. The number of anilines is 1. The summed E-state index contributed by atoms with van der Waals surface area (Å²) in [4.78, 5) is 11.3. The number of hydrogen-bond donors (Lipinski definition) is 3. The molecular formula is C9H16N4O. The summed E-state index contributed by atoms with van der Waals surface area (Å²) in [6.45, 7) is 4.79. The van der Waals surface area contributed by atoms with Crippen molar-refractivity contribution >= 4 is 11.7 Å². The normalized spacial score (nSPS) is 10.5. The Labute approximate surface area is 83.3 Å². The maximum Gasteiger partial charge on any atom is 0.226 e. The van der Waals surface area contributed by atoms with Crippen LogP contribution in [0.25, 0.3) is 0 Å². The van der Waals surface area contributed by atoms with Crippen molar-refractivity contribution < 1.29 is 4.79 Å². The molecule has 1 rings (SSSR count). The lowest BCUT2D eigenvalue weighted by molar-refractivity contribution is -0.116. The van der Waals surface area contributed by atoms with Gasteiger partial charge < -0.3 is 10.6 Å². The molecule has 0 aliphatic rings. The van der Waals surface area contributed by atoms with Gasteiger partial charge in [0.2, 0.25) is 5.91 Å². The first kappa shape index (κ1) is 10.7. The SMILES string of the molecule is CC(C)NCCC(=O)Nc1ccn[nH]1. The first-order chi connectivity index (χ1) is 6.68. The largest absolute Gasteiger partial charge is 0.314 e. The molecule has 5 nitrogen and oxygen atoms in total. The van der Waals surface area contributed by atoms with Crippen LogP contribution in [0.5, 0.6) is 0 Å². The molecule has 0 fully saturated rings. The minimum Gasteiger partial charge on any atom is -0.314 e. The van der Waals surface area contributed by atoms with Gasteiger partial charge in [0.1, 0.15) is 5.82 Å².